The van der Waals surface area contributed by atoms with Crippen LogP contribution in [0.15, 0.2) is 12.4 Å². The normalized spacial score (nSPS) is 15.4. The Bertz CT molecular complexity index is 382. The Hall–Kier alpha value is -0.780. The van der Waals surface area contributed by atoms with Gasteiger partial charge in [-0.2, -0.15) is 0 Å². The Morgan fingerprint density at radius 3 is 1.89 bits per heavy atom. The van der Waals surface area contributed by atoms with E-state index in [1.54, 1.807) is 0 Å². The zero-order chi connectivity index (χ0) is 14.7. The molecule has 2 nitrogen and oxygen atoms in total. The second-order valence-corrected chi connectivity index (χ2v) is 5.88. The number of aryl methyl sites for hydroxylation is 2. The van der Waals surface area contributed by atoms with Crippen molar-refractivity contribution in [3.63, 3.8) is 0 Å². The summed E-state index contributed by atoms with van der Waals surface area (Å²) in [5.41, 5.74) is 0. The van der Waals surface area contributed by atoms with Crippen molar-refractivity contribution in [2.24, 2.45) is 7.05 Å². The van der Waals surface area contributed by atoms with Crippen molar-refractivity contribution in [1.29, 1.82) is 0 Å². The summed E-state index contributed by atoms with van der Waals surface area (Å²) in [6, 6.07) is 0. The molecular formula is C9H17F6N2P. The van der Waals surface area contributed by atoms with E-state index in [4.69, 9.17) is 0 Å². The van der Waals surface area contributed by atoms with E-state index in [0.29, 0.717) is 0 Å². The van der Waals surface area contributed by atoms with Crippen LogP contribution in [0.25, 0.3) is 0 Å². The third-order valence-corrected chi connectivity index (χ3v) is 2.15. The van der Waals surface area contributed by atoms with E-state index in [9.17, 15) is 25.2 Å². The van der Waals surface area contributed by atoms with Gasteiger partial charge in [-0.15, -0.1) is 0 Å². The van der Waals surface area contributed by atoms with Crippen molar-refractivity contribution in [3.05, 3.63) is 18.2 Å². The summed E-state index contributed by atoms with van der Waals surface area (Å²) < 4.78 is 63.6. The van der Waals surface area contributed by atoms with Crippen molar-refractivity contribution in [3.8, 4) is 0 Å². The summed E-state index contributed by atoms with van der Waals surface area (Å²) in [5.74, 6) is 1.33. The number of hydrogen-bond acceptors (Lipinski definition) is 0. The third kappa shape index (κ3) is 11.7. The second-order valence-electron chi connectivity index (χ2n) is 3.96. The van der Waals surface area contributed by atoms with E-state index in [2.05, 4.69) is 42.4 Å². The van der Waals surface area contributed by atoms with E-state index in [0.717, 1.165) is 6.54 Å². The number of imidazole rings is 1. The van der Waals surface area contributed by atoms with Crippen LogP contribution in [0.5, 0.6) is 0 Å². The molecule has 0 radical (unpaired) electrons. The summed E-state index contributed by atoms with van der Waals surface area (Å²) in [5, 5.41) is 0. The van der Waals surface area contributed by atoms with Gasteiger partial charge in [-0.1, -0.05) is 13.3 Å². The first-order chi connectivity index (χ1) is 7.70. The van der Waals surface area contributed by atoms with Gasteiger partial charge in [0.25, 0.3) is 5.82 Å². The molecule has 9 heteroatoms. The molecule has 1 aromatic rings. The zero-order valence-corrected chi connectivity index (χ0v) is 11.3. The zero-order valence-electron chi connectivity index (χ0n) is 10.4. The Morgan fingerprint density at radius 1 is 1.17 bits per heavy atom. The molecule has 0 bridgehead atoms. The Balaban J connectivity index is 0.000000360. The molecule has 1 aromatic heterocycles. The molecular weight excluding hydrogens is 281 g/mol. The first-order valence-electron chi connectivity index (χ1n) is 5.28. The molecule has 0 unspecified atom stereocenters. The van der Waals surface area contributed by atoms with Crippen LogP contribution in [0.3, 0.4) is 0 Å². The topological polar surface area (TPSA) is 8.81 Å². The maximum absolute atomic E-state index is 10.7. The predicted octanol–water partition coefficient (Wildman–Crippen LogP) is 4.80. The molecule has 0 N–H and O–H groups in total. The van der Waals surface area contributed by atoms with Crippen molar-refractivity contribution in [1.82, 2.24) is 4.57 Å². The molecule has 0 aliphatic carbocycles. The molecule has 110 valence electrons. The van der Waals surface area contributed by atoms with Crippen LogP contribution in [0, 0.1) is 6.92 Å². The van der Waals surface area contributed by atoms with E-state index in [1.165, 1.54) is 18.7 Å². The number of rotatable bonds is 3. The fourth-order valence-electron chi connectivity index (χ4n) is 1.16. The van der Waals surface area contributed by atoms with Crippen LogP contribution in [0.4, 0.5) is 25.2 Å². The van der Waals surface area contributed by atoms with Crippen LogP contribution in [0.2, 0.25) is 0 Å². The molecule has 0 fully saturated rings. The molecule has 0 spiro atoms. The van der Waals surface area contributed by atoms with Gasteiger partial charge in [-0.25, -0.2) is 9.13 Å². The van der Waals surface area contributed by atoms with E-state index < -0.39 is 7.81 Å². The van der Waals surface area contributed by atoms with Gasteiger partial charge >= 0.3 is 33.0 Å². The average molecular weight is 298 g/mol. The third-order valence-electron chi connectivity index (χ3n) is 2.15. The quantitative estimate of drug-likeness (QED) is 0.430. The Morgan fingerprint density at radius 2 is 1.61 bits per heavy atom. The number of unbranched alkanes of at least 4 members (excludes halogenated alkanes) is 1. The Labute approximate surface area is 101 Å². The molecule has 18 heavy (non-hydrogen) atoms. The fourth-order valence-corrected chi connectivity index (χ4v) is 1.16. The maximum atomic E-state index is 9.87. The Kier molecular flexibility index (Phi) is 4.51. The number of aromatic nitrogens is 2. The van der Waals surface area contributed by atoms with E-state index >= 15 is 0 Å². The molecule has 0 saturated carbocycles. The molecule has 0 aliphatic rings. The van der Waals surface area contributed by atoms with Crippen LogP contribution < -0.4 is 4.57 Å². The van der Waals surface area contributed by atoms with Gasteiger partial charge < -0.3 is 0 Å². The SMILES string of the molecule is CCCCn1cc[n+](C)c1C.F[P-](F)(F)(F)(F)F. The molecule has 0 saturated heterocycles. The summed E-state index contributed by atoms with van der Waals surface area (Å²) in [6.45, 7) is 5.53. The first kappa shape index (κ1) is 17.2. The minimum absolute atomic E-state index is 1.16. The molecule has 0 amide bonds. The van der Waals surface area contributed by atoms with Gasteiger partial charge in [0.2, 0.25) is 0 Å². The van der Waals surface area contributed by atoms with Crippen LogP contribution in [0.1, 0.15) is 25.6 Å². The van der Waals surface area contributed by atoms with Gasteiger partial charge in [-0.3, -0.25) is 0 Å². The summed E-state index contributed by atoms with van der Waals surface area (Å²) >= 11 is 0. The van der Waals surface area contributed by atoms with Crippen LogP contribution in [-0.2, 0) is 13.6 Å². The number of nitrogens with zero attached hydrogens (tertiary/aromatic N) is 2. The molecule has 1 heterocycles. The number of hydrogen-bond donors (Lipinski definition) is 0. The standard InChI is InChI=1S/C9H17N2.F6P/c1-4-5-6-11-8-7-10(3)9(11)2;1-7(2,3,4,5)6/h7-8H,4-6H2,1-3H3;/q+1;-1. The molecule has 0 atom stereocenters. The van der Waals surface area contributed by atoms with Gasteiger partial charge in [0, 0.05) is 6.92 Å². The molecule has 1 rings (SSSR count). The van der Waals surface area contributed by atoms with Crippen molar-refractivity contribution < 1.29 is 29.7 Å². The van der Waals surface area contributed by atoms with Crippen LogP contribution >= 0.6 is 7.81 Å². The molecule has 0 aliphatic heterocycles. The van der Waals surface area contributed by atoms with Crippen molar-refractivity contribution >= 4 is 7.81 Å². The second kappa shape index (κ2) is 4.72. The van der Waals surface area contributed by atoms with E-state index in [1.807, 2.05) is 0 Å². The van der Waals surface area contributed by atoms with Crippen molar-refractivity contribution in [2.75, 3.05) is 0 Å². The van der Waals surface area contributed by atoms with E-state index in [-0.39, 0.29) is 0 Å². The first-order valence-corrected chi connectivity index (χ1v) is 7.31. The monoisotopic (exact) mass is 298 g/mol. The van der Waals surface area contributed by atoms with Gasteiger partial charge in [0.1, 0.15) is 12.4 Å². The minimum atomic E-state index is -10.7. The predicted molar refractivity (Wildman–Crippen MR) is 58.8 cm³/mol. The fraction of sp³-hybridized carbons (Fsp3) is 0.667. The van der Waals surface area contributed by atoms with Gasteiger partial charge in [0.15, 0.2) is 0 Å². The van der Waals surface area contributed by atoms with Gasteiger partial charge in [-0.05, 0) is 6.42 Å². The summed E-state index contributed by atoms with van der Waals surface area (Å²) in [6.07, 6.45) is 6.78. The average Bonchev–Trinajstić information content (AvgIpc) is 2.40. The van der Waals surface area contributed by atoms with Crippen molar-refractivity contribution in [2.45, 2.75) is 33.2 Å². The molecule has 0 aromatic carbocycles. The van der Waals surface area contributed by atoms with Gasteiger partial charge in [0.05, 0.1) is 13.6 Å². The van der Waals surface area contributed by atoms with Crippen LogP contribution in [-0.4, -0.2) is 4.57 Å². The summed E-state index contributed by atoms with van der Waals surface area (Å²) in [4.78, 5) is 0. The number of halogens is 6. The summed E-state index contributed by atoms with van der Waals surface area (Å²) in [7, 11) is -8.58.